The molecule has 0 aliphatic carbocycles. The number of rotatable bonds is 7. The topological polar surface area (TPSA) is 54.0 Å². The average molecular weight is 367 g/mol. The predicted octanol–water partition coefficient (Wildman–Crippen LogP) is 3.94. The molecule has 0 bridgehead atoms. The molecule has 0 spiro atoms. The van der Waals surface area contributed by atoms with Crippen LogP contribution in [0.5, 0.6) is 0 Å². The van der Waals surface area contributed by atoms with Crippen LogP contribution in [-0.4, -0.2) is 17.4 Å². The largest absolute Gasteiger partial charge is 0.385 e. The standard InChI is InChI=1S/C21H19F2N3O/c22-17-5-1-15(2-6-17)9-11-24-19-10-12-25-20(13-19)21(27)26-14-16-3-7-18(23)8-4-16/h1-8,10,12-13H,9,11,14H2,(H,24,25)(H,26,27). The molecular weight excluding hydrogens is 348 g/mol. The molecule has 27 heavy (non-hydrogen) atoms. The molecule has 0 atom stereocenters. The Morgan fingerprint density at radius 2 is 1.52 bits per heavy atom. The second-order valence-corrected chi connectivity index (χ2v) is 6.04. The van der Waals surface area contributed by atoms with Crippen LogP contribution in [0.4, 0.5) is 14.5 Å². The highest BCUT2D eigenvalue weighted by Crippen LogP contribution is 2.10. The summed E-state index contributed by atoms with van der Waals surface area (Å²) in [6.07, 6.45) is 2.29. The third-order valence-corrected chi connectivity index (χ3v) is 4.01. The SMILES string of the molecule is O=C(NCc1ccc(F)cc1)c1cc(NCCc2ccc(F)cc2)ccn1. The lowest BCUT2D eigenvalue weighted by molar-refractivity contribution is 0.0946. The van der Waals surface area contributed by atoms with Crippen LogP contribution in [0.1, 0.15) is 21.6 Å². The molecule has 0 radical (unpaired) electrons. The Morgan fingerprint density at radius 1 is 0.889 bits per heavy atom. The van der Waals surface area contributed by atoms with Gasteiger partial charge in [-0.3, -0.25) is 9.78 Å². The summed E-state index contributed by atoms with van der Waals surface area (Å²) >= 11 is 0. The summed E-state index contributed by atoms with van der Waals surface area (Å²) in [5.74, 6) is -0.871. The van der Waals surface area contributed by atoms with Gasteiger partial charge in [-0.1, -0.05) is 24.3 Å². The Balaban J connectivity index is 1.52. The van der Waals surface area contributed by atoms with Crippen molar-refractivity contribution >= 4 is 11.6 Å². The molecule has 0 aliphatic heterocycles. The number of carbonyl (C=O) groups excluding carboxylic acids is 1. The number of aromatic nitrogens is 1. The van der Waals surface area contributed by atoms with E-state index in [0.29, 0.717) is 18.8 Å². The van der Waals surface area contributed by atoms with Crippen molar-refractivity contribution in [1.82, 2.24) is 10.3 Å². The monoisotopic (exact) mass is 367 g/mol. The number of hydrogen-bond donors (Lipinski definition) is 2. The summed E-state index contributed by atoms with van der Waals surface area (Å²) in [5.41, 5.74) is 2.90. The summed E-state index contributed by atoms with van der Waals surface area (Å²) in [4.78, 5) is 16.3. The molecule has 1 heterocycles. The number of hydrogen-bond acceptors (Lipinski definition) is 3. The van der Waals surface area contributed by atoms with Gasteiger partial charge in [0.15, 0.2) is 0 Å². The summed E-state index contributed by atoms with van der Waals surface area (Å²) in [6.45, 7) is 0.940. The van der Waals surface area contributed by atoms with Gasteiger partial charge < -0.3 is 10.6 Å². The van der Waals surface area contributed by atoms with Crippen LogP contribution in [0.15, 0.2) is 66.9 Å². The molecule has 1 amide bonds. The van der Waals surface area contributed by atoms with Crippen LogP contribution in [0.25, 0.3) is 0 Å². The van der Waals surface area contributed by atoms with Gasteiger partial charge >= 0.3 is 0 Å². The number of amides is 1. The first-order chi connectivity index (χ1) is 13.1. The highest BCUT2D eigenvalue weighted by molar-refractivity contribution is 5.93. The van der Waals surface area contributed by atoms with Crippen LogP contribution in [0.2, 0.25) is 0 Å². The van der Waals surface area contributed by atoms with Crippen molar-refractivity contribution in [2.75, 3.05) is 11.9 Å². The van der Waals surface area contributed by atoms with Crippen molar-refractivity contribution in [2.45, 2.75) is 13.0 Å². The van der Waals surface area contributed by atoms with E-state index < -0.39 is 0 Å². The van der Waals surface area contributed by atoms with Crippen LogP contribution < -0.4 is 10.6 Å². The van der Waals surface area contributed by atoms with Crippen molar-refractivity contribution in [2.24, 2.45) is 0 Å². The fraction of sp³-hybridized carbons (Fsp3) is 0.143. The van der Waals surface area contributed by atoms with E-state index in [2.05, 4.69) is 15.6 Å². The normalized spacial score (nSPS) is 10.4. The van der Waals surface area contributed by atoms with E-state index in [0.717, 1.165) is 23.2 Å². The lowest BCUT2D eigenvalue weighted by Gasteiger charge is -2.09. The Hall–Kier alpha value is -3.28. The third-order valence-electron chi connectivity index (χ3n) is 4.01. The minimum Gasteiger partial charge on any atom is -0.385 e. The molecule has 0 fully saturated rings. The summed E-state index contributed by atoms with van der Waals surface area (Å²) in [6, 6.07) is 15.8. The first kappa shape index (κ1) is 18.5. The van der Waals surface area contributed by atoms with Gasteiger partial charge in [-0.15, -0.1) is 0 Å². The van der Waals surface area contributed by atoms with Gasteiger partial charge in [0.1, 0.15) is 17.3 Å². The molecule has 0 aliphatic rings. The Morgan fingerprint density at radius 3 is 2.19 bits per heavy atom. The zero-order chi connectivity index (χ0) is 19.1. The van der Waals surface area contributed by atoms with Crippen LogP contribution in [0, 0.1) is 11.6 Å². The zero-order valence-corrected chi connectivity index (χ0v) is 14.6. The van der Waals surface area contributed by atoms with Gasteiger partial charge in [0, 0.05) is 25.0 Å². The highest BCUT2D eigenvalue weighted by Gasteiger charge is 2.08. The maximum Gasteiger partial charge on any atom is 0.270 e. The molecule has 0 saturated heterocycles. The minimum absolute atomic E-state index is 0.253. The molecule has 2 aromatic carbocycles. The molecule has 0 saturated carbocycles. The van der Waals surface area contributed by atoms with E-state index in [-0.39, 0.29) is 17.5 Å². The number of nitrogens with one attached hydrogen (secondary N) is 2. The van der Waals surface area contributed by atoms with Crippen LogP contribution in [0.3, 0.4) is 0 Å². The second kappa shape index (κ2) is 8.89. The van der Waals surface area contributed by atoms with Crippen molar-refractivity contribution in [3.05, 3.63) is 95.3 Å². The van der Waals surface area contributed by atoms with Gasteiger partial charge in [0.05, 0.1) is 0 Å². The Bertz CT molecular complexity index is 896. The fourth-order valence-corrected chi connectivity index (χ4v) is 2.54. The Labute approximate surface area is 156 Å². The van der Waals surface area contributed by atoms with Crippen molar-refractivity contribution in [3.8, 4) is 0 Å². The first-order valence-corrected chi connectivity index (χ1v) is 8.57. The molecule has 3 rings (SSSR count). The summed E-state index contributed by atoms with van der Waals surface area (Å²) in [5, 5.41) is 5.99. The van der Waals surface area contributed by atoms with E-state index >= 15 is 0 Å². The van der Waals surface area contributed by atoms with Crippen molar-refractivity contribution in [1.29, 1.82) is 0 Å². The van der Waals surface area contributed by atoms with E-state index in [4.69, 9.17) is 0 Å². The maximum absolute atomic E-state index is 12.9. The fourth-order valence-electron chi connectivity index (χ4n) is 2.54. The van der Waals surface area contributed by atoms with Gasteiger partial charge in [-0.25, -0.2) is 8.78 Å². The predicted molar refractivity (Wildman–Crippen MR) is 100 cm³/mol. The smallest absolute Gasteiger partial charge is 0.270 e. The third kappa shape index (κ3) is 5.60. The molecule has 4 nitrogen and oxygen atoms in total. The second-order valence-electron chi connectivity index (χ2n) is 6.04. The van der Waals surface area contributed by atoms with E-state index in [1.165, 1.54) is 24.3 Å². The van der Waals surface area contributed by atoms with E-state index in [1.54, 1.807) is 42.6 Å². The molecule has 1 aromatic heterocycles. The maximum atomic E-state index is 12.9. The quantitative estimate of drug-likeness (QED) is 0.665. The number of nitrogens with zero attached hydrogens (tertiary/aromatic N) is 1. The molecule has 2 N–H and O–H groups in total. The van der Waals surface area contributed by atoms with Gasteiger partial charge in [0.25, 0.3) is 5.91 Å². The van der Waals surface area contributed by atoms with E-state index in [1.807, 2.05) is 0 Å². The number of halogens is 2. The molecule has 0 unspecified atom stereocenters. The average Bonchev–Trinajstić information content (AvgIpc) is 2.69. The lowest BCUT2D eigenvalue weighted by Crippen LogP contribution is -2.24. The van der Waals surface area contributed by atoms with Crippen molar-refractivity contribution in [3.63, 3.8) is 0 Å². The first-order valence-electron chi connectivity index (χ1n) is 8.57. The van der Waals surface area contributed by atoms with Crippen molar-refractivity contribution < 1.29 is 13.6 Å². The van der Waals surface area contributed by atoms with Crippen LogP contribution >= 0.6 is 0 Å². The van der Waals surface area contributed by atoms with E-state index in [9.17, 15) is 13.6 Å². The molecular formula is C21H19F2N3O. The number of pyridine rings is 1. The Kier molecular flexibility index (Phi) is 6.10. The van der Waals surface area contributed by atoms with Gasteiger partial charge in [-0.05, 0) is 53.9 Å². The van der Waals surface area contributed by atoms with Gasteiger partial charge in [-0.2, -0.15) is 0 Å². The number of anilines is 1. The van der Waals surface area contributed by atoms with Gasteiger partial charge in [0.2, 0.25) is 0 Å². The number of benzene rings is 2. The van der Waals surface area contributed by atoms with Crippen LogP contribution in [-0.2, 0) is 13.0 Å². The molecule has 3 aromatic rings. The minimum atomic E-state index is -0.314. The number of carbonyl (C=O) groups is 1. The molecule has 138 valence electrons. The zero-order valence-electron chi connectivity index (χ0n) is 14.6. The summed E-state index contributed by atoms with van der Waals surface area (Å²) < 4.78 is 25.8. The lowest BCUT2D eigenvalue weighted by atomic mass is 10.1. The highest BCUT2D eigenvalue weighted by atomic mass is 19.1. The molecule has 6 heteroatoms. The summed E-state index contributed by atoms with van der Waals surface area (Å²) in [7, 11) is 0.